The van der Waals surface area contributed by atoms with Gasteiger partial charge in [-0.3, -0.25) is 9.00 Å². The van der Waals surface area contributed by atoms with Crippen LogP contribution in [0.5, 0.6) is 0 Å². The van der Waals surface area contributed by atoms with Gasteiger partial charge in [0.15, 0.2) is 11.7 Å². The number of epoxide rings is 1. The van der Waals surface area contributed by atoms with Crippen LogP contribution in [0.2, 0.25) is 0 Å². The molecule has 28 heavy (non-hydrogen) atoms. The zero-order valence-corrected chi connectivity index (χ0v) is 17.1. The zero-order chi connectivity index (χ0) is 20.3. The van der Waals surface area contributed by atoms with Crippen molar-refractivity contribution in [3.63, 3.8) is 0 Å². The maximum atomic E-state index is 12.7. The number of hydrogen-bond acceptors (Lipinski definition) is 7. The Kier molecular flexibility index (Phi) is 3.40. The smallest absolute Gasteiger partial charge is 0.331 e. The highest BCUT2D eigenvalue weighted by molar-refractivity contribution is 7.84. The molecule has 2 aliphatic carbocycles. The molecule has 0 aromatic carbocycles. The summed E-state index contributed by atoms with van der Waals surface area (Å²) < 4.78 is 29.4. The van der Waals surface area contributed by atoms with Crippen LogP contribution in [0.4, 0.5) is 0 Å². The van der Waals surface area contributed by atoms with E-state index in [-0.39, 0.29) is 17.6 Å². The molecule has 1 N–H and O–H groups in total. The van der Waals surface area contributed by atoms with Crippen LogP contribution in [-0.2, 0) is 34.6 Å². The van der Waals surface area contributed by atoms with Gasteiger partial charge in [0, 0.05) is 34.5 Å². The number of cyclic esters (lactones) is 1. The molecule has 0 aromatic rings. The molecule has 1 spiro atoms. The SMILES string of the molecule is C[S@](=O)C[C@](C)(O)[C@H]1OC(=O)C=C2[C@@]13O[C@@H]3[C@H]1OC(=O)[C@@]3(C)C=CC[C@@]2(C)[C@@H]13. The standard InChI is InChI=1S/C20H24O7S/c1-17-6-5-7-18(2)13(17)12(26-16(18)22)14-20(27-14)10(17)8-11(21)25-15(20)19(3,23)9-28(4)24/h5,7-8,12-15,23H,6,9H2,1-4H3/t12-,13+,14+,15+,17+,18-,19-,20-,28-/m0/s1. The third-order valence-electron chi connectivity index (χ3n) is 7.32. The van der Waals surface area contributed by atoms with Gasteiger partial charge in [0.25, 0.3) is 0 Å². The lowest BCUT2D eigenvalue weighted by molar-refractivity contribution is -0.168. The monoisotopic (exact) mass is 408 g/mol. The molecule has 7 nitrogen and oxygen atoms in total. The molecule has 0 aromatic heterocycles. The van der Waals surface area contributed by atoms with Crippen molar-refractivity contribution in [2.45, 2.75) is 56.7 Å². The van der Waals surface area contributed by atoms with E-state index < -0.39 is 57.1 Å². The predicted molar refractivity (Wildman–Crippen MR) is 98.5 cm³/mol. The van der Waals surface area contributed by atoms with Crippen molar-refractivity contribution in [3.05, 3.63) is 23.8 Å². The summed E-state index contributed by atoms with van der Waals surface area (Å²) in [6.45, 7) is 5.42. The van der Waals surface area contributed by atoms with Crippen LogP contribution in [-0.4, -0.2) is 62.8 Å². The Labute approximate surface area is 165 Å². The second kappa shape index (κ2) is 5.15. The van der Waals surface area contributed by atoms with Crippen molar-refractivity contribution >= 4 is 22.7 Å². The molecule has 3 aliphatic heterocycles. The lowest BCUT2D eigenvalue weighted by atomic mass is 9.49. The Bertz CT molecular complexity index is 891. The summed E-state index contributed by atoms with van der Waals surface area (Å²) in [6, 6.07) is 0. The molecule has 0 amide bonds. The third-order valence-corrected chi connectivity index (χ3v) is 8.31. The van der Waals surface area contributed by atoms with Crippen LogP contribution in [0.1, 0.15) is 27.2 Å². The number of carbonyl (C=O) groups excluding carboxylic acids is 2. The normalized spacial score (nSPS) is 51.0. The van der Waals surface area contributed by atoms with Crippen LogP contribution >= 0.6 is 0 Å². The van der Waals surface area contributed by atoms with Crippen LogP contribution in [0, 0.1) is 16.7 Å². The van der Waals surface area contributed by atoms with Crippen molar-refractivity contribution in [1.82, 2.24) is 0 Å². The fourth-order valence-corrected chi connectivity index (χ4v) is 7.36. The van der Waals surface area contributed by atoms with E-state index in [1.165, 1.54) is 19.3 Å². The number of esters is 2. The summed E-state index contributed by atoms with van der Waals surface area (Å²) in [5, 5.41) is 11.1. The van der Waals surface area contributed by atoms with Gasteiger partial charge in [-0.25, -0.2) is 4.79 Å². The molecule has 0 radical (unpaired) electrons. The van der Waals surface area contributed by atoms with Gasteiger partial charge in [0.2, 0.25) is 0 Å². The quantitative estimate of drug-likeness (QED) is 0.415. The number of aliphatic hydroxyl groups is 1. The van der Waals surface area contributed by atoms with E-state index in [1.54, 1.807) is 0 Å². The fraction of sp³-hybridized carbons (Fsp3) is 0.700. The first-order chi connectivity index (χ1) is 13.0. The molecular weight excluding hydrogens is 384 g/mol. The first-order valence-corrected chi connectivity index (χ1v) is 11.2. The van der Waals surface area contributed by atoms with Crippen molar-refractivity contribution in [2.24, 2.45) is 16.7 Å². The molecule has 0 unspecified atom stereocenters. The van der Waals surface area contributed by atoms with E-state index in [0.717, 1.165) is 5.57 Å². The van der Waals surface area contributed by atoms with Crippen molar-refractivity contribution < 1.29 is 33.1 Å². The van der Waals surface area contributed by atoms with Gasteiger partial charge in [-0.15, -0.1) is 0 Å². The Morgan fingerprint density at radius 3 is 2.71 bits per heavy atom. The number of ether oxygens (including phenoxy) is 3. The molecule has 8 heteroatoms. The van der Waals surface area contributed by atoms with Crippen LogP contribution < -0.4 is 0 Å². The minimum atomic E-state index is -1.55. The van der Waals surface area contributed by atoms with Gasteiger partial charge in [0.1, 0.15) is 17.8 Å². The van der Waals surface area contributed by atoms with Crippen molar-refractivity contribution in [2.75, 3.05) is 12.0 Å². The Balaban J connectivity index is 1.68. The average Bonchev–Trinajstić information content (AvgIpc) is 3.22. The highest BCUT2D eigenvalue weighted by Gasteiger charge is 2.83. The Morgan fingerprint density at radius 1 is 1.32 bits per heavy atom. The average molecular weight is 408 g/mol. The van der Waals surface area contributed by atoms with Crippen LogP contribution in [0.15, 0.2) is 23.8 Å². The topological polar surface area (TPSA) is 102 Å². The summed E-state index contributed by atoms with van der Waals surface area (Å²) in [4.78, 5) is 25.2. The number of fused-ring (bicyclic) bond motifs is 2. The maximum Gasteiger partial charge on any atom is 0.331 e. The fourth-order valence-electron chi connectivity index (χ4n) is 6.38. The summed E-state index contributed by atoms with van der Waals surface area (Å²) >= 11 is 0. The highest BCUT2D eigenvalue weighted by atomic mass is 32.2. The molecule has 1 saturated carbocycles. The van der Waals surface area contributed by atoms with Gasteiger partial charge < -0.3 is 19.3 Å². The second-order valence-electron chi connectivity index (χ2n) is 9.44. The molecule has 9 atom stereocenters. The molecule has 152 valence electrons. The summed E-state index contributed by atoms with van der Waals surface area (Å²) in [7, 11) is -1.31. The lowest BCUT2D eigenvalue weighted by Gasteiger charge is -2.53. The van der Waals surface area contributed by atoms with E-state index in [9.17, 15) is 18.9 Å². The number of hydrogen-bond donors (Lipinski definition) is 1. The van der Waals surface area contributed by atoms with E-state index in [2.05, 4.69) is 0 Å². The molecular formula is C20H24O7S. The van der Waals surface area contributed by atoms with Crippen LogP contribution in [0.3, 0.4) is 0 Å². The lowest BCUT2D eigenvalue weighted by Crippen LogP contribution is -2.64. The highest BCUT2D eigenvalue weighted by Crippen LogP contribution is 2.72. The van der Waals surface area contributed by atoms with Gasteiger partial charge >= 0.3 is 11.9 Å². The van der Waals surface area contributed by atoms with E-state index in [0.29, 0.717) is 6.42 Å². The molecule has 3 fully saturated rings. The Hall–Kier alpha value is -1.51. The largest absolute Gasteiger partial charge is 0.458 e. The zero-order valence-electron chi connectivity index (χ0n) is 16.3. The van der Waals surface area contributed by atoms with E-state index in [1.807, 2.05) is 26.0 Å². The molecule has 3 heterocycles. The molecule has 0 bridgehead atoms. The third kappa shape index (κ3) is 1.99. The number of carbonyl (C=O) groups is 2. The van der Waals surface area contributed by atoms with Gasteiger partial charge in [-0.05, 0) is 25.8 Å². The summed E-state index contributed by atoms with van der Waals surface area (Å²) in [6.07, 6.45) is 5.47. The van der Waals surface area contributed by atoms with Crippen molar-refractivity contribution in [1.29, 1.82) is 0 Å². The molecule has 2 saturated heterocycles. The van der Waals surface area contributed by atoms with Gasteiger partial charge in [-0.2, -0.15) is 0 Å². The first kappa shape index (κ1) is 18.5. The predicted octanol–water partition coefficient (Wildman–Crippen LogP) is 0.633. The molecule has 5 rings (SSSR count). The summed E-state index contributed by atoms with van der Waals surface area (Å²) in [5.41, 5.74) is -3.18. The Morgan fingerprint density at radius 2 is 2.04 bits per heavy atom. The van der Waals surface area contributed by atoms with E-state index in [4.69, 9.17) is 14.2 Å². The van der Waals surface area contributed by atoms with Gasteiger partial charge in [0.05, 0.1) is 11.2 Å². The minimum Gasteiger partial charge on any atom is -0.458 e. The first-order valence-electron chi connectivity index (χ1n) is 9.49. The summed E-state index contributed by atoms with van der Waals surface area (Å²) in [5.74, 6) is -1.07. The maximum absolute atomic E-state index is 12.7. The van der Waals surface area contributed by atoms with Crippen LogP contribution in [0.25, 0.3) is 0 Å². The number of allylic oxidation sites excluding steroid dienone is 1. The van der Waals surface area contributed by atoms with E-state index >= 15 is 0 Å². The number of rotatable bonds is 3. The second-order valence-corrected chi connectivity index (χ2v) is 10.9. The van der Waals surface area contributed by atoms with Gasteiger partial charge in [-0.1, -0.05) is 19.1 Å². The molecule has 5 aliphatic rings. The van der Waals surface area contributed by atoms with Crippen molar-refractivity contribution in [3.8, 4) is 0 Å². The minimum absolute atomic E-state index is 0.0573.